The zero-order valence-electron chi connectivity index (χ0n) is 24.0. The Morgan fingerprint density at radius 1 is 1.02 bits per heavy atom. The Balaban J connectivity index is 1.09. The first kappa shape index (κ1) is 30.6. The standard InChI is InChI=1S/C28H36F2O12S/c1-11(2)27(9-15-13-4-5-14(8-13)16(15)10-27)42-26(34)20-19-21-24(41-25(19)33)23(22(20)40-21)39-18(32)7-6-17(31)38-12(3)28(29,30)43(35,36)37/h11-16,19-24H,4-10H2,1-3H3,(H,35,36,37). The van der Waals surface area contributed by atoms with Gasteiger partial charge in [-0.3, -0.25) is 23.7 Å². The van der Waals surface area contributed by atoms with Gasteiger partial charge in [-0.2, -0.15) is 17.2 Å². The number of alkyl halides is 2. The SMILES string of the molecule is CC(C)C1(OC(=O)C2C3OC4C(OC(=O)C42)C3OC(=O)CCC(=O)OC(C)C(F)(F)S(=O)(=O)O)CC2C3CCC(C3)C2C1. The van der Waals surface area contributed by atoms with Crippen molar-refractivity contribution in [3.8, 4) is 0 Å². The van der Waals surface area contributed by atoms with Crippen LogP contribution in [0.2, 0.25) is 0 Å². The van der Waals surface area contributed by atoms with E-state index in [1.807, 2.05) is 13.8 Å². The van der Waals surface area contributed by atoms with Crippen molar-refractivity contribution in [2.24, 2.45) is 41.4 Å². The smallest absolute Gasteiger partial charge is 0.405 e. The zero-order chi connectivity index (χ0) is 31.2. The lowest BCUT2D eigenvalue weighted by molar-refractivity contribution is -0.178. The number of rotatable bonds is 10. The molecule has 3 aliphatic heterocycles. The van der Waals surface area contributed by atoms with Crippen molar-refractivity contribution < 1.29 is 64.6 Å². The minimum Gasteiger partial charge on any atom is -0.458 e. The molecular formula is C28H36F2O12S. The summed E-state index contributed by atoms with van der Waals surface area (Å²) in [5, 5.41) is -4.75. The first-order valence-corrected chi connectivity index (χ1v) is 16.3. The van der Waals surface area contributed by atoms with E-state index in [1.165, 1.54) is 19.3 Å². The maximum Gasteiger partial charge on any atom is 0.405 e. The van der Waals surface area contributed by atoms with Crippen LogP contribution in [0.25, 0.3) is 0 Å². The molecule has 3 saturated carbocycles. The van der Waals surface area contributed by atoms with Crippen LogP contribution in [0, 0.1) is 41.4 Å². The molecule has 6 aliphatic rings. The van der Waals surface area contributed by atoms with Crippen LogP contribution < -0.4 is 0 Å². The van der Waals surface area contributed by atoms with E-state index in [9.17, 15) is 36.4 Å². The number of halogens is 2. The lowest BCUT2D eigenvalue weighted by Gasteiger charge is -2.37. The highest BCUT2D eigenvalue weighted by Crippen LogP contribution is 2.63. The number of ether oxygens (including phenoxy) is 5. The van der Waals surface area contributed by atoms with Crippen LogP contribution in [-0.2, 0) is 53.0 Å². The van der Waals surface area contributed by atoms with E-state index in [0.717, 1.165) is 12.8 Å². The molecule has 15 heteroatoms. The second-order valence-corrected chi connectivity index (χ2v) is 14.8. The molecule has 6 fully saturated rings. The van der Waals surface area contributed by atoms with Crippen molar-refractivity contribution in [3.05, 3.63) is 0 Å². The van der Waals surface area contributed by atoms with Gasteiger partial charge < -0.3 is 23.7 Å². The number of carbonyl (C=O) groups is 4. The average Bonchev–Trinajstić information content (AvgIpc) is 3.72. The van der Waals surface area contributed by atoms with Crippen LogP contribution in [0.5, 0.6) is 0 Å². The van der Waals surface area contributed by atoms with Crippen LogP contribution >= 0.6 is 0 Å². The van der Waals surface area contributed by atoms with Crippen LogP contribution in [0.15, 0.2) is 0 Å². The Morgan fingerprint density at radius 3 is 2.21 bits per heavy atom. The predicted octanol–water partition coefficient (Wildman–Crippen LogP) is 2.42. The molecule has 43 heavy (non-hydrogen) atoms. The van der Waals surface area contributed by atoms with Gasteiger partial charge in [0.2, 0.25) is 0 Å². The number of esters is 4. The molecule has 240 valence electrons. The molecule has 3 heterocycles. The predicted molar refractivity (Wildman–Crippen MR) is 137 cm³/mol. The molecule has 0 spiro atoms. The minimum atomic E-state index is -5.84. The van der Waals surface area contributed by atoms with Crippen LogP contribution in [0.1, 0.15) is 65.7 Å². The second kappa shape index (κ2) is 10.3. The molecule has 1 N–H and O–H groups in total. The number of hydrogen-bond acceptors (Lipinski definition) is 11. The molecule has 11 atom stereocenters. The molecule has 4 bridgehead atoms. The van der Waals surface area contributed by atoms with Gasteiger partial charge in [0, 0.05) is 0 Å². The highest BCUT2D eigenvalue weighted by molar-refractivity contribution is 7.86. The van der Waals surface area contributed by atoms with Gasteiger partial charge in [0.15, 0.2) is 18.3 Å². The summed E-state index contributed by atoms with van der Waals surface area (Å²) in [4.78, 5) is 51.2. The third-order valence-corrected chi connectivity index (χ3v) is 11.9. The van der Waals surface area contributed by atoms with Gasteiger partial charge in [-0.1, -0.05) is 13.8 Å². The van der Waals surface area contributed by atoms with Crippen molar-refractivity contribution >= 4 is 34.0 Å². The van der Waals surface area contributed by atoms with Crippen molar-refractivity contribution in [2.75, 3.05) is 0 Å². The summed E-state index contributed by atoms with van der Waals surface area (Å²) in [5.74, 6) is -3.06. The molecule has 0 aromatic carbocycles. The topological polar surface area (TPSA) is 169 Å². The zero-order valence-corrected chi connectivity index (χ0v) is 24.8. The third-order valence-electron chi connectivity index (χ3n) is 10.9. The molecule has 0 aromatic heterocycles. The fraction of sp³-hybridized carbons (Fsp3) is 0.857. The van der Waals surface area contributed by atoms with Crippen molar-refractivity contribution in [3.63, 3.8) is 0 Å². The monoisotopic (exact) mass is 634 g/mol. The van der Waals surface area contributed by atoms with Gasteiger partial charge in [0.25, 0.3) is 0 Å². The van der Waals surface area contributed by atoms with Crippen molar-refractivity contribution in [1.82, 2.24) is 0 Å². The van der Waals surface area contributed by atoms with E-state index < -0.39 is 100 Å². The highest BCUT2D eigenvalue weighted by Gasteiger charge is 2.72. The third kappa shape index (κ3) is 4.84. The van der Waals surface area contributed by atoms with Gasteiger partial charge in [0.05, 0.1) is 12.8 Å². The van der Waals surface area contributed by atoms with E-state index in [1.54, 1.807) is 0 Å². The molecule has 11 unspecified atom stereocenters. The highest BCUT2D eigenvalue weighted by atomic mass is 32.2. The van der Waals surface area contributed by atoms with E-state index >= 15 is 0 Å². The average molecular weight is 635 g/mol. The summed E-state index contributed by atoms with van der Waals surface area (Å²) in [6.45, 7) is 4.65. The molecule has 0 amide bonds. The van der Waals surface area contributed by atoms with Gasteiger partial charge in [0.1, 0.15) is 29.6 Å². The maximum absolute atomic E-state index is 13.8. The lowest BCUT2D eigenvalue weighted by atomic mass is 9.78. The summed E-state index contributed by atoms with van der Waals surface area (Å²) < 4.78 is 85.1. The fourth-order valence-electron chi connectivity index (χ4n) is 8.68. The Labute approximate surface area is 247 Å². The molecule has 3 saturated heterocycles. The number of fused-ring (bicyclic) bond motifs is 6. The maximum atomic E-state index is 13.8. The van der Waals surface area contributed by atoms with Crippen molar-refractivity contribution in [2.45, 2.75) is 107 Å². The van der Waals surface area contributed by atoms with E-state index in [4.69, 9.17) is 23.5 Å². The lowest BCUT2D eigenvalue weighted by Crippen LogP contribution is -2.50. The van der Waals surface area contributed by atoms with Gasteiger partial charge in [-0.15, -0.1) is 0 Å². The summed E-state index contributed by atoms with van der Waals surface area (Å²) in [5.41, 5.74) is -0.659. The Hall–Kier alpha value is -2.39. The van der Waals surface area contributed by atoms with Crippen LogP contribution in [0.4, 0.5) is 8.78 Å². The Bertz CT molecular complexity index is 1300. The van der Waals surface area contributed by atoms with Crippen LogP contribution in [-0.4, -0.2) is 78.2 Å². The Kier molecular flexibility index (Phi) is 7.36. The minimum absolute atomic E-state index is 0.0535. The second-order valence-electron chi connectivity index (χ2n) is 13.4. The largest absolute Gasteiger partial charge is 0.458 e. The molecule has 6 rings (SSSR count). The van der Waals surface area contributed by atoms with Crippen LogP contribution in [0.3, 0.4) is 0 Å². The fourth-order valence-corrected chi connectivity index (χ4v) is 9.14. The summed E-state index contributed by atoms with van der Waals surface area (Å²) >= 11 is 0. The number of carbonyl (C=O) groups excluding carboxylic acids is 4. The molecule has 0 radical (unpaired) electrons. The molecular weight excluding hydrogens is 598 g/mol. The summed E-state index contributed by atoms with van der Waals surface area (Å²) in [6.07, 6.45) is -2.58. The van der Waals surface area contributed by atoms with Gasteiger partial charge >= 0.3 is 39.2 Å². The quantitative estimate of drug-likeness (QED) is 0.212. The first-order chi connectivity index (χ1) is 20.0. The first-order valence-electron chi connectivity index (χ1n) is 14.9. The Morgan fingerprint density at radius 2 is 1.63 bits per heavy atom. The van der Waals surface area contributed by atoms with Gasteiger partial charge in [-0.05, 0) is 68.6 Å². The molecule has 0 aromatic rings. The molecule has 12 nitrogen and oxygen atoms in total. The number of hydrogen-bond donors (Lipinski definition) is 1. The van der Waals surface area contributed by atoms with E-state index in [-0.39, 0.29) is 5.92 Å². The van der Waals surface area contributed by atoms with Crippen molar-refractivity contribution in [1.29, 1.82) is 0 Å². The summed E-state index contributed by atoms with van der Waals surface area (Å²) in [7, 11) is -5.84. The van der Waals surface area contributed by atoms with E-state index in [2.05, 4.69) is 4.74 Å². The normalized spacial score (nSPS) is 41.3. The van der Waals surface area contributed by atoms with E-state index in [0.29, 0.717) is 30.6 Å². The summed E-state index contributed by atoms with van der Waals surface area (Å²) in [6, 6.07) is 0. The van der Waals surface area contributed by atoms with Gasteiger partial charge in [-0.25, -0.2) is 0 Å². The molecule has 3 aliphatic carbocycles.